The zero-order valence-corrected chi connectivity index (χ0v) is 6.14. The molecule has 1 nitrogen and oxygen atoms in total. The molecule has 0 fully saturated rings. The zero-order chi connectivity index (χ0) is 7.33. The molecule has 0 bridgehead atoms. The van der Waals surface area contributed by atoms with Crippen molar-refractivity contribution in [1.82, 2.24) is 0 Å². The van der Waals surface area contributed by atoms with E-state index in [1.165, 1.54) is 6.08 Å². The molecule has 50 valence electrons. The van der Waals surface area contributed by atoms with Crippen molar-refractivity contribution in [2.45, 2.75) is 20.8 Å². The molecule has 0 atom stereocenters. The lowest BCUT2D eigenvalue weighted by Crippen LogP contribution is -1.97. The average Bonchev–Trinajstić information content (AvgIpc) is 1.63. The van der Waals surface area contributed by atoms with Crippen LogP contribution in [0.1, 0.15) is 20.8 Å². The van der Waals surface area contributed by atoms with Crippen LogP contribution < -0.4 is 0 Å². The van der Waals surface area contributed by atoms with Crippen LogP contribution in [0, 0.1) is 5.41 Å². The molecule has 0 aromatic carbocycles. The van der Waals surface area contributed by atoms with Crippen molar-refractivity contribution < 1.29 is 4.79 Å². The Morgan fingerprint density at radius 2 is 1.89 bits per heavy atom. The first kappa shape index (κ1) is 8.19. The quantitative estimate of drug-likeness (QED) is 0.386. The van der Waals surface area contributed by atoms with Crippen LogP contribution in [0.25, 0.3) is 0 Å². The number of carbonyl (C=O) groups excluding carboxylic acids is 1. The van der Waals surface area contributed by atoms with E-state index in [1.54, 1.807) is 12.0 Å². The zero-order valence-electron chi connectivity index (χ0n) is 6.14. The summed E-state index contributed by atoms with van der Waals surface area (Å²) < 4.78 is 0. The van der Waals surface area contributed by atoms with Gasteiger partial charge >= 0.3 is 0 Å². The van der Waals surface area contributed by atoms with Gasteiger partial charge in [0.2, 0.25) is 0 Å². The highest BCUT2D eigenvalue weighted by molar-refractivity contribution is 5.48. The van der Waals surface area contributed by atoms with Gasteiger partial charge in [-0.3, -0.25) is 0 Å². The van der Waals surface area contributed by atoms with Gasteiger partial charge in [-0.2, -0.15) is 0 Å². The predicted octanol–water partition coefficient (Wildman–Crippen LogP) is 1.98. The standard InChI is InChI=1S/C8H12O/c1-8(2,3)6-4-5-7-9/h4-6H,1-3H3/b6-4+. The summed E-state index contributed by atoms with van der Waals surface area (Å²) in [5, 5.41) is 0. The molecule has 0 aliphatic rings. The maximum absolute atomic E-state index is 9.66. The molecule has 0 aromatic rings. The molecule has 0 saturated heterocycles. The van der Waals surface area contributed by atoms with Crippen LogP contribution in [0.2, 0.25) is 0 Å². The molecule has 1 heteroatoms. The molecule has 0 radical (unpaired) electrons. The second kappa shape index (κ2) is 3.26. The smallest absolute Gasteiger partial charge is 0.124 e. The Balaban J connectivity index is 3.85. The van der Waals surface area contributed by atoms with Gasteiger partial charge in [0.15, 0.2) is 0 Å². The summed E-state index contributed by atoms with van der Waals surface area (Å²) in [6.45, 7) is 6.21. The minimum atomic E-state index is 0.160. The molecule has 0 amide bonds. The van der Waals surface area contributed by atoms with E-state index >= 15 is 0 Å². The summed E-state index contributed by atoms with van der Waals surface area (Å²) in [6, 6.07) is 0. The van der Waals surface area contributed by atoms with Crippen LogP contribution in [-0.4, -0.2) is 5.94 Å². The van der Waals surface area contributed by atoms with Gasteiger partial charge in [-0.15, -0.1) is 0 Å². The molecule has 0 saturated carbocycles. The van der Waals surface area contributed by atoms with E-state index in [0.717, 1.165) is 0 Å². The van der Waals surface area contributed by atoms with Crippen molar-refractivity contribution in [1.29, 1.82) is 0 Å². The first-order chi connectivity index (χ1) is 4.06. The fourth-order valence-corrected chi connectivity index (χ4v) is 0.376. The summed E-state index contributed by atoms with van der Waals surface area (Å²) in [5.74, 6) is 1.68. The number of allylic oxidation sites excluding steroid dienone is 3. The lowest BCUT2D eigenvalue weighted by atomic mass is 9.96. The first-order valence-electron chi connectivity index (χ1n) is 2.95. The predicted molar refractivity (Wildman–Crippen MR) is 38.9 cm³/mol. The van der Waals surface area contributed by atoms with E-state index in [2.05, 4.69) is 20.8 Å². The third-order valence-electron chi connectivity index (χ3n) is 0.760. The molecule has 0 rings (SSSR count). The molecule has 0 aliphatic heterocycles. The number of hydrogen-bond donors (Lipinski definition) is 0. The van der Waals surface area contributed by atoms with Crippen molar-refractivity contribution in [2.75, 3.05) is 0 Å². The van der Waals surface area contributed by atoms with Crippen molar-refractivity contribution in [3.63, 3.8) is 0 Å². The minimum Gasteiger partial charge on any atom is -0.234 e. The molecular formula is C8H12O. The van der Waals surface area contributed by atoms with Crippen molar-refractivity contribution in [3.05, 3.63) is 18.2 Å². The van der Waals surface area contributed by atoms with E-state index in [4.69, 9.17) is 0 Å². The summed E-state index contributed by atoms with van der Waals surface area (Å²) in [4.78, 5) is 9.66. The molecule has 0 aliphatic carbocycles. The first-order valence-corrected chi connectivity index (χ1v) is 2.95. The van der Waals surface area contributed by atoms with Gasteiger partial charge in [-0.25, -0.2) is 4.79 Å². The molecule has 0 unspecified atom stereocenters. The van der Waals surface area contributed by atoms with Crippen LogP contribution >= 0.6 is 0 Å². The topological polar surface area (TPSA) is 17.1 Å². The maximum atomic E-state index is 9.66. The lowest BCUT2D eigenvalue weighted by Gasteiger charge is -2.09. The van der Waals surface area contributed by atoms with E-state index in [-0.39, 0.29) is 5.41 Å². The summed E-state index contributed by atoms with van der Waals surface area (Å²) >= 11 is 0. The average molecular weight is 124 g/mol. The molecule has 0 heterocycles. The SMILES string of the molecule is CC(C)(C)/C=C/C=C=O. The van der Waals surface area contributed by atoms with E-state index in [9.17, 15) is 4.79 Å². The normalized spacial score (nSPS) is 11.4. The van der Waals surface area contributed by atoms with Crippen LogP contribution in [0.4, 0.5) is 0 Å². The summed E-state index contributed by atoms with van der Waals surface area (Å²) in [6.07, 6.45) is 5.04. The van der Waals surface area contributed by atoms with Crippen LogP contribution in [0.15, 0.2) is 18.2 Å². The van der Waals surface area contributed by atoms with Crippen LogP contribution in [0.5, 0.6) is 0 Å². The Labute approximate surface area is 56.1 Å². The third-order valence-corrected chi connectivity index (χ3v) is 0.760. The Bertz CT molecular complexity index is 142. The Morgan fingerprint density at radius 3 is 2.22 bits per heavy atom. The van der Waals surface area contributed by atoms with Gasteiger partial charge < -0.3 is 0 Å². The van der Waals surface area contributed by atoms with Crippen molar-refractivity contribution in [2.24, 2.45) is 5.41 Å². The fraction of sp³-hybridized carbons (Fsp3) is 0.500. The Hall–Kier alpha value is -0.810. The Kier molecular flexibility index (Phi) is 2.97. The maximum Gasteiger partial charge on any atom is 0.124 e. The Morgan fingerprint density at radius 1 is 1.33 bits per heavy atom. The summed E-state index contributed by atoms with van der Waals surface area (Å²) in [5.41, 5.74) is 0.160. The highest BCUT2D eigenvalue weighted by Gasteiger charge is 2.01. The minimum absolute atomic E-state index is 0.160. The molecule has 0 spiro atoms. The molecule has 0 aromatic heterocycles. The van der Waals surface area contributed by atoms with Crippen molar-refractivity contribution >= 4 is 5.94 Å². The fourth-order valence-electron chi connectivity index (χ4n) is 0.376. The van der Waals surface area contributed by atoms with Gasteiger partial charge in [-0.05, 0) is 5.41 Å². The second-order valence-corrected chi connectivity index (χ2v) is 3.01. The largest absolute Gasteiger partial charge is 0.234 e. The highest BCUT2D eigenvalue weighted by Crippen LogP contribution is 2.13. The molecule has 0 N–H and O–H groups in total. The second-order valence-electron chi connectivity index (χ2n) is 3.01. The van der Waals surface area contributed by atoms with Crippen LogP contribution in [-0.2, 0) is 4.79 Å². The number of rotatable bonds is 1. The van der Waals surface area contributed by atoms with E-state index in [1.807, 2.05) is 6.08 Å². The van der Waals surface area contributed by atoms with Gasteiger partial charge in [-0.1, -0.05) is 32.9 Å². The number of hydrogen-bond acceptors (Lipinski definition) is 1. The van der Waals surface area contributed by atoms with E-state index < -0.39 is 0 Å². The summed E-state index contributed by atoms with van der Waals surface area (Å²) in [7, 11) is 0. The van der Waals surface area contributed by atoms with Gasteiger partial charge in [0, 0.05) is 6.08 Å². The van der Waals surface area contributed by atoms with E-state index in [0.29, 0.717) is 0 Å². The lowest BCUT2D eigenvalue weighted by molar-refractivity contribution is 0.544. The monoisotopic (exact) mass is 124 g/mol. The van der Waals surface area contributed by atoms with Crippen molar-refractivity contribution in [3.8, 4) is 0 Å². The van der Waals surface area contributed by atoms with Gasteiger partial charge in [0.1, 0.15) is 5.94 Å². The third kappa shape index (κ3) is 7.19. The van der Waals surface area contributed by atoms with Gasteiger partial charge in [0.25, 0.3) is 0 Å². The van der Waals surface area contributed by atoms with Gasteiger partial charge in [0.05, 0.1) is 0 Å². The highest BCUT2D eigenvalue weighted by atomic mass is 16.1. The molecular weight excluding hydrogens is 112 g/mol. The molecule has 9 heavy (non-hydrogen) atoms. The van der Waals surface area contributed by atoms with Crippen LogP contribution in [0.3, 0.4) is 0 Å².